The van der Waals surface area contributed by atoms with Crippen LogP contribution in [0.15, 0.2) is 34.8 Å². The zero-order valence-electron chi connectivity index (χ0n) is 8.27. The molecule has 0 saturated heterocycles. The predicted octanol–water partition coefficient (Wildman–Crippen LogP) is 3.42. The zero-order chi connectivity index (χ0) is 10.7. The van der Waals surface area contributed by atoms with Gasteiger partial charge in [0.15, 0.2) is 0 Å². The van der Waals surface area contributed by atoms with Crippen LogP contribution in [0.1, 0.15) is 18.5 Å². The van der Waals surface area contributed by atoms with Crippen LogP contribution >= 0.6 is 15.9 Å². The van der Waals surface area contributed by atoms with Crippen LogP contribution in [-0.2, 0) is 0 Å². The molecular formula is C11H13BrFN. The van der Waals surface area contributed by atoms with E-state index in [1.807, 2.05) is 13.0 Å². The van der Waals surface area contributed by atoms with Gasteiger partial charge in [0.25, 0.3) is 0 Å². The molecule has 1 nitrogen and oxygen atoms in total. The van der Waals surface area contributed by atoms with E-state index in [1.165, 1.54) is 6.07 Å². The van der Waals surface area contributed by atoms with Gasteiger partial charge in [0.1, 0.15) is 5.82 Å². The lowest BCUT2D eigenvalue weighted by Gasteiger charge is -2.18. The van der Waals surface area contributed by atoms with Gasteiger partial charge < -0.3 is 5.32 Å². The fraction of sp³-hybridized carbons (Fsp3) is 0.273. The van der Waals surface area contributed by atoms with Gasteiger partial charge in [-0.1, -0.05) is 34.1 Å². The summed E-state index contributed by atoms with van der Waals surface area (Å²) < 4.78 is 14.3. The summed E-state index contributed by atoms with van der Waals surface area (Å²) in [5, 5.41) is 3.03. The third kappa shape index (κ3) is 2.22. The molecule has 0 radical (unpaired) electrons. The molecule has 1 unspecified atom stereocenters. The average Bonchev–Trinajstić information content (AvgIpc) is 2.10. The van der Waals surface area contributed by atoms with Crippen LogP contribution in [0.4, 0.5) is 4.39 Å². The van der Waals surface area contributed by atoms with Gasteiger partial charge in [-0.15, -0.1) is 0 Å². The first-order valence-electron chi connectivity index (χ1n) is 4.34. The molecule has 14 heavy (non-hydrogen) atoms. The Kier molecular flexibility index (Phi) is 3.84. The molecule has 0 aliphatic carbocycles. The van der Waals surface area contributed by atoms with Crippen molar-refractivity contribution in [3.63, 3.8) is 0 Å². The lowest BCUT2D eigenvalue weighted by molar-refractivity contribution is 0.570. The van der Waals surface area contributed by atoms with Gasteiger partial charge in [-0.3, -0.25) is 0 Å². The molecule has 1 N–H and O–H groups in total. The Hall–Kier alpha value is -0.670. The Morgan fingerprint density at radius 1 is 1.57 bits per heavy atom. The SMILES string of the molecule is C=C(C)C(NC)c1c(F)cccc1Br. The third-order valence-corrected chi connectivity index (χ3v) is 2.76. The van der Waals surface area contributed by atoms with Crippen LogP contribution in [0.3, 0.4) is 0 Å². The number of hydrogen-bond donors (Lipinski definition) is 1. The predicted molar refractivity (Wildman–Crippen MR) is 60.7 cm³/mol. The van der Waals surface area contributed by atoms with Crippen molar-refractivity contribution in [3.05, 3.63) is 46.2 Å². The standard InChI is InChI=1S/C11H13BrFN/c1-7(2)11(14-3)10-8(12)5-4-6-9(10)13/h4-6,11,14H,1H2,2-3H3. The third-order valence-electron chi connectivity index (χ3n) is 2.07. The molecule has 0 amide bonds. The van der Waals surface area contributed by atoms with E-state index in [0.717, 1.165) is 10.0 Å². The van der Waals surface area contributed by atoms with Gasteiger partial charge in [0.2, 0.25) is 0 Å². The molecular weight excluding hydrogens is 245 g/mol. The molecule has 0 aromatic heterocycles. The first-order chi connectivity index (χ1) is 6.57. The maximum atomic E-state index is 13.5. The maximum Gasteiger partial charge on any atom is 0.129 e. The second kappa shape index (κ2) is 4.71. The number of rotatable bonds is 3. The van der Waals surface area contributed by atoms with Crippen molar-refractivity contribution in [2.45, 2.75) is 13.0 Å². The molecule has 0 saturated carbocycles. The molecule has 0 aliphatic rings. The minimum atomic E-state index is -0.221. The van der Waals surface area contributed by atoms with E-state index in [9.17, 15) is 4.39 Å². The van der Waals surface area contributed by atoms with E-state index in [-0.39, 0.29) is 11.9 Å². The zero-order valence-corrected chi connectivity index (χ0v) is 9.86. The monoisotopic (exact) mass is 257 g/mol. The van der Waals surface area contributed by atoms with E-state index < -0.39 is 0 Å². The smallest absolute Gasteiger partial charge is 0.129 e. The van der Waals surface area contributed by atoms with Gasteiger partial charge in [-0.2, -0.15) is 0 Å². The molecule has 0 heterocycles. The van der Waals surface area contributed by atoms with Crippen LogP contribution < -0.4 is 5.32 Å². The highest BCUT2D eigenvalue weighted by Gasteiger charge is 2.17. The Morgan fingerprint density at radius 3 is 2.64 bits per heavy atom. The number of likely N-dealkylation sites (N-methyl/N-ethyl adjacent to an activating group) is 1. The number of hydrogen-bond acceptors (Lipinski definition) is 1. The molecule has 1 aromatic rings. The summed E-state index contributed by atoms with van der Waals surface area (Å²) in [7, 11) is 1.79. The maximum absolute atomic E-state index is 13.5. The van der Waals surface area contributed by atoms with Gasteiger partial charge in [0, 0.05) is 10.0 Å². The van der Waals surface area contributed by atoms with E-state index in [2.05, 4.69) is 27.8 Å². The van der Waals surface area contributed by atoms with E-state index >= 15 is 0 Å². The van der Waals surface area contributed by atoms with Gasteiger partial charge >= 0.3 is 0 Å². The lowest BCUT2D eigenvalue weighted by atomic mass is 10.0. The van der Waals surface area contributed by atoms with Crippen LogP contribution in [0.5, 0.6) is 0 Å². The topological polar surface area (TPSA) is 12.0 Å². The summed E-state index contributed by atoms with van der Waals surface area (Å²) in [6.45, 7) is 5.71. The molecule has 3 heteroatoms. The van der Waals surface area contributed by atoms with Gasteiger partial charge in [-0.25, -0.2) is 4.39 Å². The second-order valence-corrected chi connectivity index (χ2v) is 4.06. The van der Waals surface area contributed by atoms with E-state index in [0.29, 0.717) is 5.56 Å². The van der Waals surface area contributed by atoms with Gasteiger partial charge in [-0.05, 0) is 26.1 Å². The van der Waals surface area contributed by atoms with Crippen molar-refractivity contribution in [1.82, 2.24) is 5.32 Å². The van der Waals surface area contributed by atoms with Crippen molar-refractivity contribution >= 4 is 15.9 Å². The summed E-state index contributed by atoms with van der Waals surface area (Å²) in [6.07, 6.45) is 0. The number of benzene rings is 1. The Labute approximate surface area is 92.1 Å². The summed E-state index contributed by atoms with van der Waals surface area (Å²) in [5.41, 5.74) is 1.50. The molecule has 0 aliphatic heterocycles. The molecule has 0 spiro atoms. The van der Waals surface area contributed by atoms with Crippen molar-refractivity contribution in [2.75, 3.05) is 7.05 Å². The van der Waals surface area contributed by atoms with Crippen molar-refractivity contribution < 1.29 is 4.39 Å². The molecule has 76 valence electrons. The average molecular weight is 258 g/mol. The fourth-order valence-electron chi connectivity index (χ4n) is 1.42. The number of nitrogens with one attached hydrogen (secondary N) is 1. The normalized spacial score (nSPS) is 12.6. The highest BCUT2D eigenvalue weighted by Crippen LogP contribution is 2.29. The second-order valence-electron chi connectivity index (χ2n) is 3.20. The van der Waals surface area contributed by atoms with Crippen LogP contribution in [-0.4, -0.2) is 7.05 Å². The molecule has 0 bridgehead atoms. The minimum Gasteiger partial charge on any atom is -0.309 e. The lowest BCUT2D eigenvalue weighted by Crippen LogP contribution is -2.18. The summed E-state index contributed by atoms with van der Waals surface area (Å²) in [4.78, 5) is 0. The van der Waals surface area contributed by atoms with E-state index in [4.69, 9.17) is 0 Å². The van der Waals surface area contributed by atoms with E-state index in [1.54, 1.807) is 13.1 Å². The van der Waals surface area contributed by atoms with Crippen molar-refractivity contribution in [2.24, 2.45) is 0 Å². The first-order valence-corrected chi connectivity index (χ1v) is 5.13. The van der Waals surface area contributed by atoms with Crippen LogP contribution in [0, 0.1) is 5.82 Å². The molecule has 1 atom stereocenters. The highest BCUT2D eigenvalue weighted by atomic mass is 79.9. The molecule has 1 rings (SSSR count). The van der Waals surface area contributed by atoms with Crippen LogP contribution in [0.2, 0.25) is 0 Å². The highest BCUT2D eigenvalue weighted by molar-refractivity contribution is 9.10. The quantitative estimate of drug-likeness (QED) is 0.819. The summed E-state index contributed by atoms with van der Waals surface area (Å²) in [6, 6.07) is 4.80. The Morgan fingerprint density at radius 2 is 2.21 bits per heavy atom. The number of halogens is 2. The van der Waals surface area contributed by atoms with Gasteiger partial charge in [0.05, 0.1) is 6.04 Å². The largest absolute Gasteiger partial charge is 0.309 e. The Balaban J connectivity index is 3.22. The summed E-state index contributed by atoms with van der Waals surface area (Å²) >= 11 is 3.34. The minimum absolute atomic E-state index is 0.148. The Bertz CT molecular complexity index is 329. The fourth-order valence-corrected chi connectivity index (χ4v) is 1.99. The van der Waals surface area contributed by atoms with Crippen molar-refractivity contribution in [3.8, 4) is 0 Å². The first kappa shape index (κ1) is 11.4. The molecule has 0 fully saturated rings. The summed E-state index contributed by atoms with van der Waals surface area (Å²) in [5.74, 6) is -0.221. The molecule has 1 aromatic carbocycles. The van der Waals surface area contributed by atoms with Crippen molar-refractivity contribution in [1.29, 1.82) is 0 Å². The van der Waals surface area contributed by atoms with Crippen LogP contribution in [0.25, 0.3) is 0 Å².